The van der Waals surface area contributed by atoms with E-state index in [4.69, 9.17) is 0 Å². The molecular formula is C20H30F2N4O3S. The highest BCUT2D eigenvalue weighted by molar-refractivity contribution is 7.89. The first-order valence-corrected chi connectivity index (χ1v) is 11.8. The Labute approximate surface area is 177 Å². The zero-order valence-corrected chi connectivity index (χ0v) is 18.4. The minimum Gasteiger partial charge on any atom is -0.339 e. The molecule has 10 heteroatoms. The van der Waals surface area contributed by atoms with E-state index in [0.29, 0.717) is 12.5 Å². The number of amides is 1. The highest BCUT2D eigenvalue weighted by Crippen LogP contribution is 2.23. The molecule has 1 aromatic carbocycles. The molecule has 0 spiro atoms. The Morgan fingerprint density at radius 3 is 2.00 bits per heavy atom. The zero-order valence-electron chi connectivity index (χ0n) is 17.6. The van der Waals surface area contributed by atoms with Crippen LogP contribution in [0.2, 0.25) is 0 Å². The lowest BCUT2D eigenvalue weighted by Gasteiger charge is -2.38. The maximum atomic E-state index is 13.9. The van der Waals surface area contributed by atoms with Gasteiger partial charge in [-0.2, -0.15) is 4.31 Å². The van der Waals surface area contributed by atoms with E-state index in [1.165, 1.54) is 0 Å². The molecule has 0 N–H and O–H groups in total. The highest BCUT2D eigenvalue weighted by atomic mass is 32.2. The highest BCUT2D eigenvalue weighted by Gasteiger charge is 2.34. The van der Waals surface area contributed by atoms with Gasteiger partial charge in [-0.1, -0.05) is 19.9 Å². The van der Waals surface area contributed by atoms with E-state index in [1.54, 1.807) is 4.90 Å². The molecule has 0 bridgehead atoms. The summed E-state index contributed by atoms with van der Waals surface area (Å²) in [6, 6.07) is 2.98. The molecule has 0 radical (unpaired) electrons. The summed E-state index contributed by atoms with van der Waals surface area (Å²) in [7, 11) is -4.29. The van der Waals surface area contributed by atoms with E-state index in [2.05, 4.69) is 23.6 Å². The molecule has 2 saturated heterocycles. The van der Waals surface area contributed by atoms with Crippen LogP contribution in [0, 0.1) is 17.6 Å². The molecule has 0 unspecified atom stereocenters. The van der Waals surface area contributed by atoms with Crippen molar-refractivity contribution >= 4 is 15.9 Å². The van der Waals surface area contributed by atoms with Gasteiger partial charge in [0.1, 0.15) is 11.6 Å². The Hall–Kier alpha value is -1.62. The van der Waals surface area contributed by atoms with Gasteiger partial charge in [-0.05, 0) is 18.1 Å². The van der Waals surface area contributed by atoms with E-state index in [1.807, 2.05) is 0 Å². The minimum absolute atomic E-state index is 0.0179. The molecule has 168 valence electrons. The van der Waals surface area contributed by atoms with Crippen molar-refractivity contribution in [3.8, 4) is 0 Å². The van der Waals surface area contributed by atoms with Crippen molar-refractivity contribution in [2.75, 3.05) is 65.4 Å². The molecule has 0 aromatic heterocycles. The summed E-state index contributed by atoms with van der Waals surface area (Å²) in [6.07, 6.45) is 0. The van der Waals surface area contributed by atoms with Gasteiger partial charge in [-0.15, -0.1) is 0 Å². The fourth-order valence-corrected chi connectivity index (χ4v) is 5.50. The molecule has 7 nitrogen and oxygen atoms in total. The van der Waals surface area contributed by atoms with Crippen molar-refractivity contribution in [2.24, 2.45) is 5.92 Å². The Balaban J connectivity index is 1.51. The van der Waals surface area contributed by atoms with Crippen LogP contribution in [0.1, 0.15) is 13.8 Å². The number of sulfonamides is 1. The summed E-state index contributed by atoms with van der Waals surface area (Å²) in [6.45, 7) is 9.74. The third-order valence-corrected chi connectivity index (χ3v) is 7.51. The third kappa shape index (κ3) is 5.35. The summed E-state index contributed by atoms with van der Waals surface area (Å²) in [5, 5.41) is 0. The number of piperazine rings is 2. The average molecular weight is 445 g/mol. The number of hydrogen-bond donors (Lipinski definition) is 0. The molecule has 2 heterocycles. The first-order valence-electron chi connectivity index (χ1n) is 10.3. The van der Waals surface area contributed by atoms with Crippen LogP contribution in [0.3, 0.4) is 0 Å². The number of carbonyl (C=O) groups excluding carboxylic acids is 1. The summed E-state index contributed by atoms with van der Waals surface area (Å²) >= 11 is 0. The summed E-state index contributed by atoms with van der Waals surface area (Å²) in [4.78, 5) is 17.9. The topological polar surface area (TPSA) is 64.2 Å². The standard InChI is InChI=1S/C20H30F2N4O3S/c1-16(2)14-23-6-8-24(9-7-23)15-19(27)25-10-12-26(13-11-25)30(28,29)20-17(21)4-3-5-18(20)22/h3-5,16H,6-15H2,1-2H3. The van der Waals surface area contributed by atoms with Crippen LogP contribution in [-0.2, 0) is 14.8 Å². The molecule has 2 aliphatic rings. The van der Waals surface area contributed by atoms with Crippen molar-refractivity contribution in [3.05, 3.63) is 29.8 Å². The van der Waals surface area contributed by atoms with E-state index >= 15 is 0 Å². The van der Waals surface area contributed by atoms with Crippen LogP contribution in [0.25, 0.3) is 0 Å². The second-order valence-electron chi connectivity index (χ2n) is 8.31. The second kappa shape index (κ2) is 9.67. The summed E-state index contributed by atoms with van der Waals surface area (Å²) < 4.78 is 54.3. The average Bonchev–Trinajstić information content (AvgIpc) is 2.69. The Bertz CT molecular complexity index is 829. The molecule has 3 rings (SSSR count). The largest absolute Gasteiger partial charge is 0.339 e. The molecule has 1 aromatic rings. The Morgan fingerprint density at radius 1 is 0.933 bits per heavy atom. The molecule has 0 aliphatic carbocycles. The fraction of sp³-hybridized carbons (Fsp3) is 0.650. The van der Waals surface area contributed by atoms with Crippen LogP contribution >= 0.6 is 0 Å². The zero-order chi connectivity index (χ0) is 21.9. The number of carbonyl (C=O) groups is 1. The van der Waals surface area contributed by atoms with Crippen LogP contribution in [-0.4, -0.2) is 98.8 Å². The van der Waals surface area contributed by atoms with Crippen LogP contribution < -0.4 is 0 Å². The molecule has 0 saturated carbocycles. The molecule has 1 amide bonds. The predicted molar refractivity (Wildman–Crippen MR) is 109 cm³/mol. The minimum atomic E-state index is -4.29. The normalized spacial score (nSPS) is 20.1. The summed E-state index contributed by atoms with van der Waals surface area (Å²) in [5.41, 5.74) is 0. The lowest BCUT2D eigenvalue weighted by Crippen LogP contribution is -2.54. The third-order valence-electron chi connectivity index (χ3n) is 5.56. The van der Waals surface area contributed by atoms with Gasteiger partial charge in [0.2, 0.25) is 15.9 Å². The number of benzene rings is 1. The van der Waals surface area contributed by atoms with Gasteiger partial charge in [-0.3, -0.25) is 9.69 Å². The van der Waals surface area contributed by atoms with Gasteiger partial charge in [0.15, 0.2) is 4.90 Å². The van der Waals surface area contributed by atoms with Crippen LogP contribution in [0.4, 0.5) is 8.78 Å². The van der Waals surface area contributed by atoms with Crippen molar-refractivity contribution in [1.82, 2.24) is 19.0 Å². The Morgan fingerprint density at radius 2 is 1.47 bits per heavy atom. The second-order valence-corrected chi connectivity index (χ2v) is 10.2. The molecule has 2 aliphatic heterocycles. The summed E-state index contributed by atoms with van der Waals surface area (Å²) in [5.74, 6) is -1.64. The van der Waals surface area contributed by atoms with Crippen molar-refractivity contribution in [2.45, 2.75) is 18.7 Å². The molecule has 30 heavy (non-hydrogen) atoms. The first-order chi connectivity index (χ1) is 14.2. The van der Waals surface area contributed by atoms with Gasteiger partial charge in [0, 0.05) is 58.9 Å². The fourth-order valence-electron chi connectivity index (χ4n) is 3.97. The SMILES string of the molecule is CC(C)CN1CCN(CC(=O)N2CCN(S(=O)(=O)c3c(F)cccc3F)CC2)CC1. The molecule has 2 fully saturated rings. The smallest absolute Gasteiger partial charge is 0.249 e. The number of halogens is 2. The molecule has 0 atom stereocenters. The number of nitrogens with zero attached hydrogens (tertiary/aromatic N) is 4. The van der Waals surface area contributed by atoms with Crippen LogP contribution in [0.15, 0.2) is 23.1 Å². The van der Waals surface area contributed by atoms with Gasteiger partial charge in [0.25, 0.3) is 0 Å². The van der Waals surface area contributed by atoms with Gasteiger partial charge in [-0.25, -0.2) is 17.2 Å². The maximum absolute atomic E-state index is 13.9. The maximum Gasteiger partial charge on any atom is 0.249 e. The lowest BCUT2D eigenvalue weighted by atomic mass is 10.2. The quantitative estimate of drug-likeness (QED) is 0.657. The van der Waals surface area contributed by atoms with Gasteiger partial charge < -0.3 is 9.80 Å². The Kier molecular flexibility index (Phi) is 7.43. The van der Waals surface area contributed by atoms with Crippen molar-refractivity contribution in [3.63, 3.8) is 0 Å². The molecular weight excluding hydrogens is 414 g/mol. The van der Waals surface area contributed by atoms with E-state index in [0.717, 1.165) is 55.2 Å². The van der Waals surface area contributed by atoms with Crippen molar-refractivity contribution in [1.29, 1.82) is 0 Å². The first kappa shape index (κ1) is 23.1. The monoisotopic (exact) mass is 444 g/mol. The van der Waals surface area contributed by atoms with E-state index in [-0.39, 0.29) is 32.1 Å². The van der Waals surface area contributed by atoms with Gasteiger partial charge >= 0.3 is 0 Å². The van der Waals surface area contributed by atoms with E-state index in [9.17, 15) is 22.0 Å². The lowest BCUT2D eigenvalue weighted by molar-refractivity contribution is -0.134. The number of hydrogen-bond acceptors (Lipinski definition) is 5. The van der Waals surface area contributed by atoms with Crippen LogP contribution in [0.5, 0.6) is 0 Å². The predicted octanol–water partition coefficient (Wildman–Crippen LogP) is 1.07. The van der Waals surface area contributed by atoms with Crippen molar-refractivity contribution < 1.29 is 22.0 Å². The van der Waals surface area contributed by atoms with E-state index < -0.39 is 26.6 Å². The van der Waals surface area contributed by atoms with Gasteiger partial charge in [0.05, 0.1) is 6.54 Å². The number of rotatable bonds is 6.